The molecule has 0 radical (unpaired) electrons. The molecule has 2 fully saturated rings. The maximum absolute atomic E-state index is 6.85. The second-order valence-corrected chi connectivity index (χ2v) is 10.9. The van der Waals surface area contributed by atoms with Crippen molar-refractivity contribution in [1.82, 2.24) is 24.5 Å². The lowest BCUT2D eigenvalue weighted by Crippen LogP contribution is -2.48. The average Bonchev–Trinajstić information content (AvgIpc) is 3.34. The van der Waals surface area contributed by atoms with Gasteiger partial charge < -0.3 is 16.0 Å². The molecule has 1 aliphatic carbocycles. The maximum Gasteiger partial charge on any atom is 0.151 e. The summed E-state index contributed by atoms with van der Waals surface area (Å²) in [7, 11) is 2.09. The highest BCUT2D eigenvalue weighted by atomic mass is 15.3. The lowest BCUT2D eigenvalue weighted by molar-refractivity contribution is 0.0983. The van der Waals surface area contributed by atoms with Crippen LogP contribution in [0, 0.1) is 0 Å². The van der Waals surface area contributed by atoms with Gasteiger partial charge in [0, 0.05) is 54.4 Å². The Hall–Kier alpha value is -3.23. The van der Waals surface area contributed by atoms with E-state index in [0.717, 1.165) is 61.3 Å². The Morgan fingerprint density at radius 3 is 2.51 bits per heavy atom. The molecule has 0 atom stereocenters. The molecule has 1 aromatic carbocycles. The summed E-state index contributed by atoms with van der Waals surface area (Å²) in [6, 6.07) is 17.6. The average molecular weight is 493 g/mol. The van der Waals surface area contributed by atoms with E-state index in [2.05, 4.69) is 70.6 Å². The summed E-state index contributed by atoms with van der Waals surface area (Å²) in [5.74, 6) is 1.46. The van der Waals surface area contributed by atoms with E-state index < -0.39 is 0 Å². The number of rotatable bonds is 6. The number of hydrogen-bond donors (Lipinski definition) is 2. The van der Waals surface area contributed by atoms with Crippen molar-refractivity contribution in [1.29, 1.82) is 0 Å². The van der Waals surface area contributed by atoms with Crippen LogP contribution >= 0.6 is 0 Å². The van der Waals surface area contributed by atoms with Gasteiger partial charge in [-0.15, -0.1) is 0 Å². The molecule has 6 rings (SSSR count). The van der Waals surface area contributed by atoms with E-state index in [0.29, 0.717) is 18.5 Å². The number of nitrogens with two attached hydrogens (primary N) is 1. The molecule has 8 heteroatoms. The van der Waals surface area contributed by atoms with Crippen molar-refractivity contribution in [3.05, 3.63) is 83.9 Å². The van der Waals surface area contributed by atoms with Crippen LogP contribution in [0.15, 0.2) is 67.1 Å². The van der Waals surface area contributed by atoms with Crippen LogP contribution in [0.25, 0.3) is 5.65 Å². The van der Waals surface area contributed by atoms with Gasteiger partial charge in [0.1, 0.15) is 13.7 Å². The molecule has 37 heavy (non-hydrogen) atoms. The number of nitrogens with zero attached hydrogens (tertiary/aromatic N) is 5. The van der Waals surface area contributed by atoms with E-state index in [1.54, 1.807) is 6.20 Å². The van der Waals surface area contributed by atoms with Crippen molar-refractivity contribution < 1.29 is 0 Å². The molecule has 0 amide bonds. The molecule has 4 heterocycles. The molecular formula is C29H36BN7. The normalized spacial score (nSPS) is 23.3. The monoisotopic (exact) mass is 493 g/mol. The minimum absolute atomic E-state index is 0.169. The molecule has 2 aliphatic rings. The highest BCUT2D eigenvalue weighted by Crippen LogP contribution is 2.38. The van der Waals surface area contributed by atoms with E-state index >= 15 is 0 Å². The van der Waals surface area contributed by atoms with Crippen LogP contribution in [0.1, 0.15) is 61.3 Å². The molecule has 3 N–H and O–H groups in total. The molecule has 4 aromatic rings. The van der Waals surface area contributed by atoms with Crippen molar-refractivity contribution in [2.24, 2.45) is 5.73 Å². The van der Waals surface area contributed by atoms with Crippen LogP contribution in [-0.4, -0.2) is 51.5 Å². The molecular weight excluding hydrogens is 457 g/mol. The lowest BCUT2D eigenvalue weighted by Gasteiger charge is -2.44. The fraction of sp³-hybridized carbons (Fsp3) is 0.414. The number of nitrogens with one attached hydrogen (secondary N) is 1. The second kappa shape index (κ2) is 10.3. The van der Waals surface area contributed by atoms with Crippen LogP contribution in [-0.2, 0) is 12.1 Å². The summed E-state index contributed by atoms with van der Waals surface area (Å²) in [4.78, 5) is 12.0. The Morgan fingerprint density at radius 2 is 1.78 bits per heavy atom. The van der Waals surface area contributed by atoms with E-state index in [1.165, 1.54) is 24.1 Å². The highest BCUT2D eigenvalue weighted by Gasteiger charge is 2.36. The number of benzene rings is 1. The van der Waals surface area contributed by atoms with Crippen molar-refractivity contribution in [3.8, 4) is 0 Å². The number of fused-ring (bicyclic) bond motifs is 1. The van der Waals surface area contributed by atoms with E-state index in [9.17, 15) is 0 Å². The first-order valence-corrected chi connectivity index (χ1v) is 13.7. The first kappa shape index (κ1) is 24.1. The van der Waals surface area contributed by atoms with Gasteiger partial charge in [0.15, 0.2) is 5.65 Å². The fourth-order valence-corrected chi connectivity index (χ4v) is 6.22. The SMILES string of the molecule is Bc1cnn2c(NCc3cccnc3)cc(C3CCN(C4CCC(N)(c5ccccc5)CC4)CC3)nc12. The number of likely N-dealkylation sites (tertiary alicyclic amines) is 1. The molecule has 0 bridgehead atoms. The Labute approximate surface area is 219 Å². The van der Waals surface area contributed by atoms with Gasteiger partial charge in [-0.3, -0.25) is 4.98 Å². The minimum Gasteiger partial charge on any atom is -0.366 e. The molecule has 0 unspecified atom stereocenters. The maximum atomic E-state index is 6.85. The molecule has 3 aromatic heterocycles. The third-order valence-corrected chi connectivity index (χ3v) is 8.52. The Morgan fingerprint density at radius 1 is 1.00 bits per heavy atom. The topological polar surface area (TPSA) is 84.4 Å². The highest BCUT2D eigenvalue weighted by molar-refractivity contribution is 6.36. The van der Waals surface area contributed by atoms with Crippen LogP contribution in [0.4, 0.5) is 5.82 Å². The largest absolute Gasteiger partial charge is 0.366 e. The van der Waals surface area contributed by atoms with E-state index in [-0.39, 0.29) is 5.54 Å². The minimum atomic E-state index is -0.169. The number of hydrogen-bond acceptors (Lipinski definition) is 6. The van der Waals surface area contributed by atoms with Crippen LogP contribution < -0.4 is 16.5 Å². The van der Waals surface area contributed by atoms with E-state index in [4.69, 9.17) is 10.7 Å². The first-order valence-electron chi connectivity index (χ1n) is 13.7. The van der Waals surface area contributed by atoms with Gasteiger partial charge >= 0.3 is 0 Å². The third kappa shape index (κ3) is 5.00. The summed E-state index contributed by atoms with van der Waals surface area (Å²) in [5, 5.41) is 8.16. The second-order valence-electron chi connectivity index (χ2n) is 10.9. The van der Waals surface area contributed by atoms with Crippen molar-refractivity contribution in [2.45, 2.75) is 62.6 Å². The van der Waals surface area contributed by atoms with E-state index in [1.807, 2.05) is 23.0 Å². The Kier molecular flexibility index (Phi) is 6.70. The van der Waals surface area contributed by atoms with Gasteiger partial charge in [-0.05, 0) is 74.3 Å². The van der Waals surface area contributed by atoms with Gasteiger partial charge in [-0.1, -0.05) is 36.4 Å². The standard InChI is InChI=1S/C29H36BN7/c30-25-20-34-37-27(33-19-21-5-4-14-32-18-21)17-26(35-28(25)37)22-10-15-36(16-11-22)24-8-12-29(31,13-9-24)23-6-2-1-3-7-23/h1-7,14,17-18,20,22,24,33H,8-13,15-16,19,30-31H2. The molecule has 1 saturated heterocycles. The van der Waals surface area contributed by atoms with Crippen LogP contribution in [0.3, 0.4) is 0 Å². The van der Waals surface area contributed by atoms with Crippen molar-refractivity contribution in [2.75, 3.05) is 18.4 Å². The van der Waals surface area contributed by atoms with Gasteiger partial charge in [-0.2, -0.15) is 9.61 Å². The molecule has 0 spiro atoms. The van der Waals surface area contributed by atoms with Crippen LogP contribution in [0.5, 0.6) is 0 Å². The predicted molar refractivity (Wildman–Crippen MR) is 151 cm³/mol. The molecule has 190 valence electrons. The zero-order valence-corrected chi connectivity index (χ0v) is 21.7. The summed E-state index contributed by atoms with van der Waals surface area (Å²) >= 11 is 0. The summed E-state index contributed by atoms with van der Waals surface area (Å²) in [5.41, 5.74) is 12.3. The number of pyridine rings is 1. The number of aromatic nitrogens is 4. The number of anilines is 1. The van der Waals surface area contributed by atoms with Crippen molar-refractivity contribution >= 4 is 24.8 Å². The zero-order valence-electron chi connectivity index (χ0n) is 21.7. The van der Waals surface area contributed by atoms with Crippen molar-refractivity contribution in [3.63, 3.8) is 0 Å². The smallest absolute Gasteiger partial charge is 0.151 e. The third-order valence-electron chi connectivity index (χ3n) is 8.52. The zero-order chi connectivity index (χ0) is 25.2. The van der Waals surface area contributed by atoms with Gasteiger partial charge in [0.2, 0.25) is 0 Å². The van der Waals surface area contributed by atoms with Crippen LogP contribution in [0.2, 0.25) is 0 Å². The Bertz CT molecular complexity index is 1320. The first-order chi connectivity index (χ1) is 18.1. The summed E-state index contributed by atoms with van der Waals surface area (Å²) in [6.07, 6.45) is 12.4. The summed E-state index contributed by atoms with van der Waals surface area (Å²) < 4.78 is 1.93. The predicted octanol–water partition coefficient (Wildman–Crippen LogP) is 2.97. The fourth-order valence-electron chi connectivity index (χ4n) is 6.22. The molecule has 1 saturated carbocycles. The van der Waals surface area contributed by atoms with Gasteiger partial charge in [0.05, 0.1) is 0 Å². The van der Waals surface area contributed by atoms with Gasteiger partial charge in [-0.25, -0.2) is 4.98 Å². The molecule has 1 aliphatic heterocycles. The summed E-state index contributed by atoms with van der Waals surface area (Å²) in [6.45, 7) is 2.96. The Balaban J connectivity index is 1.11. The molecule has 7 nitrogen and oxygen atoms in total. The quantitative estimate of drug-likeness (QED) is 0.402. The lowest BCUT2D eigenvalue weighted by atomic mass is 9.75. The number of piperidine rings is 1. The van der Waals surface area contributed by atoms with Gasteiger partial charge in [0.25, 0.3) is 0 Å².